The average molecular weight is 450 g/mol. The third kappa shape index (κ3) is 3.82. The van der Waals surface area contributed by atoms with E-state index in [9.17, 15) is 4.39 Å². The Balaban J connectivity index is 1.44. The molecule has 1 saturated heterocycles. The van der Waals surface area contributed by atoms with Gasteiger partial charge in [-0.2, -0.15) is 10.2 Å². The molecule has 0 saturated carbocycles. The van der Waals surface area contributed by atoms with Crippen LogP contribution in [0.3, 0.4) is 0 Å². The first-order valence-electron chi connectivity index (χ1n) is 9.86. The molecule has 2 aromatic heterocycles. The van der Waals surface area contributed by atoms with Crippen molar-refractivity contribution in [3.8, 4) is 17.3 Å². The monoisotopic (exact) mass is 449 g/mol. The molecule has 3 N–H and O–H groups in total. The van der Waals surface area contributed by atoms with Crippen LogP contribution in [-0.4, -0.2) is 39.6 Å². The molecule has 160 valence electrons. The van der Waals surface area contributed by atoms with Gasteiger partial charge in [-0.05, 0) is 30.3 Å². The second-order valence-electron chi connectivity index (χ2n) is 7.36. The van der Waals surface area contributed by atoms with Crippen LogP contribution in [0.2, 0.25) is 5.02 Å². The smallest absolute Gasteiger partial charge is 0.222 e. The molecule has 2 aromatic carbocycles. The van der Waals surface area contributed by atoms with Crippen molar-refractivity contribution in [2.75, 3.05) is 30.3 Å². The van der Waals surface area contributed by atoms with E-state index in [1.807, 2.05) is 17.0 Å². The van der Waals surface area contributed by atoms with Crippen LogP contribution in [0, 0.1) is 17.1 Å². The molecule has 32 heavy (non-hydrogen) atoms. The predicted molar refractivity (Wildman–Crippen MR) is 119 cm³/mol. The molecular weight excluding hydrogens is 433 g/mol. The number of morpholine rings is 1. The van der Waals surface area contributed by atoms with Gasteiger partial charge >= 0.3 is 0 Å². The van der Waals surface area contributed by atoms with Crippen molar-refractivity contribution in [3.63, 3.8) is 0 Å². The van der Waals surface area contributed by atoms with Gasteiger partial charge in [0.05, 0.1) is 35.4 Å². The number of anilines is 2. The number of aromatic nitrogens is 4. The molecule has 0 bridgehead atoms. The van der Waals surface area contributed by atoms with E-state index < -0.39 is 5.82 Å². The molecule has 4 aromatic rings. The number of hydrogen-bond acceptors (Lipinski definition) is 7. The molecule has 0 aliphatic carbocycles. The third-order valence-corrected chi connectivity index (χ3v) is 5.51. The number of hydrogen-bond donors (Lipinski definition) is 2. The van der Waals surface area contributed by atoms with Crippen LogP contribution in [0.15, 0.2) is 42.5 Å². The number of aromatic amines is 1. The van der Waals surface area contributed by atoms with Gasteiger partial charge in [0.1, 0.15) is 29.6 Å². The van der Waals surface area contributed by atoms with E-state index in [0.717, 1.165) is 11.0 Å². The van der Waals surface area contributed by atoms with E-state index in [1.54, 1.807) is 24.3 Å². The molecule has 3 heterocycles. The lowest BCUT2D eigenvalue weighted by molar-refractivity contribution is 0.0345. The van der Waals surface area contributed by atoms with Crippen molar-refractivity contribution in [2.45, 2.75) is 6.10 Å². The molecular formula is C22H17ClFN7O. The summed E-state index contributed by atoms with van der Waals surface area (Å²) in [4.78, 5) is 18.5. The molecule has 8 nitrogen and oxygen atoms in total. The molecule has 1 atom stereocenters. The maximum absolute atomic E-state index is 14.1. The number of H-pyrrole nitrogens is 1. The van der Waals surface area contributed by atoms with Gasteiger partial charge in [0.2, 0.25) is 5.95 Å². The van der Waals surface area contributed by atoms with Crippen molar-refractivity contribution in [1.82, 2.24) is 19.9 Å². The summed E-state index contributed by atoms with van der Waals surface area (Å²) in [6.07, 6.45) is -0.304. The largest absolute Gasteiger partial charge is 0.368 e. The summed E-state index contributed by atoms with van der Waals surface area (Å²) in [5, 5.41) is 9.56. The fourth-order valence-electron chi connectivity index (χ4n) is 3.70. The zero-order valence-corrected chi connectivity index (χ0v) is 17.5. The highest BCUT2D eigenvalue weighted by Crippen LogP contribution is 2.29. The van der Waals surface area contributed by atoms with E-state index in [0.29, 0.717) is 47.6 Å². The van der Waals surface area contributed by atoms with Crippen molar-refractivity contribution in [1.29, 1.82) is 5.26 Å². The first kappa shape index (κ1) is 20.2. The Labute approximate surface area is 187 Å². The van der Waals surface area contributed by atoms with Crippen LogP contribution in [0.4, 0.5) is 16.2 Å². The van der Waals surface area contributed by atoms with Crippen LogP contribution < -0.4 is 10.6 Å². The number of halogens is 2. The number of nitrogens with two attached hydrogens (primary N) is 1. The second kappa shape index (κ2) is 8.07. The number of nitrogens with zero attached hydrogens (tertiary/aromatic N) is 5. The highest BCUT2D eigenvalue weighted by molar-refractivity contribution is 6.31. The quantitative estimate of drug-likeness (QED) is 0.488. The normalized spacial score (nSPS) is 16.3. The maximum atomic E-state index is 14.1. The molecule has 1 fully saturated rings. The Morgan fingerprint density at radius 2 is 2.06 bits per heavy atom. The average Bonchev–Trinajstić information content (AvgIpc) is 3.22. The molecule has 5 rings (SSSR count). The summed E-state index contributed by atoms with van der Waals surface area (Å²) in [6, 6.07) is 13.4. The lowest BCUT2D eigenvalue weighted by Crippen LogP contribution is -2.39. The summed E-state index contributed by atoms with van der Waals surface area (Å²) < 4.78 is 20.0. The standard InChI is InChI=1S/C22H17ClFN7O/c23-14-3-4-16-18(8-14)28-21(27-16)19-11-31(5-6-32-19)20-9-17(29-22(26)30-20)12-1-2-13(10-25)15(24)7-12/h1-4,7-9,19H,5-6,11H2,(H,27,28)(H2,26,29,30). The Bertz CT molecular complexity index is 1370. The lowest BCUT2D eigenvalue weighted by atomic mass is 10.1. The van der Waals surface area contributed by atoms with Gasteiger partial charge < -0.3 is 20.4 Å². The van der Waals surface area contributed by atoms with E-state index >= 15 is 0 Å². The molecule has 10 heteroatoms. The van der Waals surface area contributed by atoms with Crippen LogP contribution in [0.5, 0.6) is 0 Å². The molecule has 1 unspecified atom stereocenters. The highest BCUT2D eigenvalue weighted by Gasteiger charge is 2.26. The fraction of sp³-hybridized carbons (Fsp3) is 0.182. The number of rotatable bonds is 3. The van der Waals surface area contributed by atoms with Crippen molar-refractivity contribution < 1.29 is 9.13 Å². The summed E-state index contributed by atoms with van der Waals surface area (Å²) in [5.41, 5.74) is 8.55. The third-order valence-electron chi connectivity index (χ3n) is 5.27. The number of imidazole rings is 1. The Kier molecular flexibility index (Phi) is 5.09. The highest BCUT2D eigenvalue weighted by atomic mass is 35.5. The van der Waals surface area contributed by atoms with Crippen LogP contribution in [0.1, 0.15) is 17.5 Å². The SMILES string of the molecule is N#Cc1ccc(-c2cc(N3CCOC(c4nc5cc(Cl)ccc5[nH]4)C3)nc(N)n2)cc1F. The van der Waals surface area contributed by atoms with Crippen LogP contribution in [-0.2, 0) is 4.74 Å². The van der Waals surface area contributed by atoms with Gasteiger partial charge in [-0.25, -0.2) is 14.4 Å². The number of nitrogens with one attached hydrogen (secondary N) is 1. The van der Waals surface area contributed by atoms with Crippen molar-refractivity contribution in [3.05, 3.63) is 64.7 Å². The zero-order chi connectivity index (χ0) is 22.2. The number of benzene rings is 2. The van der Waals surface area contributed by atoms with Crippen LogP contribution in [0.25, 0.3) is 22.3 Å². The van der Waals surface area contributed by atoms with Crippen molar-refractivity contribution in [2.24, 2.45) is 0 Å². The molecule has 0 amide bonds. The van der Waals surface area contributed by atoms with E-state index in [4.69, 9.17) is 27.3 Å². The fourth-order valence-corrected chi connectivity index (χ4v) is 3.87. The predicted octanol–water partition coefficient (Wildman–Crippen LogP) is 3.84. The number of ether oxygens (including phenoxy) is 1. The minimum Gasteiger partial charge on any atom is -0.368 e. The van der Waals surface area contributed by atoms with Crippen LogP contribution >= 0.6 is 11.6 Å². The molecule has 1 aliphatic heterocycles. The van der Waals surface area contributed by atoms with Gasteiger partial charge in [0, 0.05) is 23.2 Å². The number of fused-ring (bicyclic) bond motifs is 1. The summed E-state index contributed by atoms with van der Waals surface area (Å²) >= 11 is 6.07. The first-order chi connectivity index (χ1) is 15.5. The van der Waals surface area contributed by atoms with E-state index in [-0.39, 0.29) is 17.6 Å². The number of nitrogen functional groups attached to an aromatic ring is 1. The Hall–Kier alpha value is -3.74. The number of nitriles is 1. The second-order valence-corrected chi connectivity index (χ2v) is 7.80. The maximum Gasteiger partial charge on any atom is 0.222 e. The Morgan fingerprint density at radius 1 is 1.19 bits per heavy atom. The van der Waals surface area contributed by atoms with Gasteiger partial charge in [-0.15, -0.1) is 0 Å². The van der Waals surface area contributed by atoms with Gasteiger partial charge in [0.25, 0.3) is 0 Å². The van der Waals surface area contributed by atoms with Gasteiger partial charge in [-0.1, -0.05) is 17.7 Å². The van der Waals surface area contributed by atoms with E-state index in [2.05, 4.69) is 19.9 Å². The Morgan fingerprint density at radius 3 is 2.88 bits per heavy atom. The minimum absolute atomic E-state index is 0.0286. The van der Waals surface area contributed by atoms with Crippen molar-refractivity contribution >= 4 is 34.4 Å². The zero-order valence-electron chi connectivity index (χ0n) is 16.7. The summed E-state index contributed by atoms with van der Waals surface area (Å²) in [7, 11) is 0. The summed E-state index contributed by atoms with van der Waals surface area (Å²) in [5.74, 6) is 0.761. The molecule has 0 radical (unpaired) electrons. The minimum atomic E-state index is -0.611. The molecule has 0 spiro atoms. The summed E-state index contributed by atoms with van der Waals surface area (Å²) in [6.45, 7) is 1.55. The topological polar surface area (TPSA) is 117 Å². The molecule has 1 aliphatic rings. The van der Waals surface area contributed by atoms with E-state index in [1.165, 1.54) is 12.1 Å². The van der Waals surface area contributed by atoms with Gasteiger partial charge in [0.15, 0.2) is 0 Å². The van der Waals surface area contributed by atoms with Gasteiger partial charge in [-0.3, -0.25) is 0 Å². The first-order valence-corrected chi connectivity index (χ1v) is 10.2. The lowest BCUT2D eigenvalue weighted by Gasteiger charge is -2.33.